The molecular formula is C32H50N2O6. The van der Waals surface area contributed by atoms with Crippen molar-refractivity contribution in [3.05, 3.63) is 25.3 Å². The second kappa shape index (κ2) is 12.8. The number of likely N-dealkylation sites (tertiary alicyclic amines) is 1. The smallest absolute Gasteiger partial charge is 0.312 e. The normalized spacial score (nSPS) is 32.3. The zero-order valence-electron chi connectivity index (χ0n) is 24.8. The zero-order chi connectivity index (χ0) is 29.1. The van der Waals surface area contributed by atoms with Crippen LogP contribution < -0.4 is 0 Å². The van der Waals surface area contributed by atoms with Gasteiger partial charge in [-0.3, -0.25) is 14.4 Å². The first-order chi connectivity index (χ1) is 19.2. The molecule has 224 valence electrons. The Morgan fingerprint density at radius 3 is 2.50 bits per heavy atom. The van der Waals surface area contributed by atoms with Crippen LogP contribution in [0, 0.1) is 17.8 Å². The molecule has 0 radical (unpaired) electrons. The van der Waals surface area contributed by atoms with Gasteiger partial charge in [0.05, 0.1) is 30.8 Å². The van der Waals surface area contributed by atoms with Crippen LogP contribution in [0.3, 0.4) is 0 Å². The van der Waals surface area contributed by atoms with Crippen LogP contribution in [-0.2, 0) is 23.9 Å². The fourth-order valence-electron chi connectivity index (χ4n) is 8.03. The molecule has 3 heterocycles. The highest BCUT2D eigenvalue weighted by molar-refractivity contribution is 5.99. The van der Waals surface area contributed by atoms with Gasteiger partial charge in [-0.05, 0) is 57.3 Å². The third kappa shape index (κ3) is 5.15. The number of fused-ring (bicyclic) bond motifs is 1. The summed E-state index contributed by atoms with van der Waals surface area (Å²) in [5.74, 6) is -2.49. The lowest BCUT2D eigenvalue weighted by molar-refractivity contribution is -0.165. The fraction of sp³-hybridized carbons (Fsp3) is 0.781. The second-order valence-electron chi connectivity index (χ2n) is 12.6. The van der Waals surface area contributed by atoms with Gasteiger partial charge in [0.25, 0.3) is 0 Å². The number of carbonyl (C=O) groups is 3. The van der Waals surface area contributed by atoms with E-state index in [0.717, 1.165) is 51.4 Å². The van der Waals surface area contributed by atoms with Gasteiger partial charge < -0.3 is 24.4 Å². The molecule has 4 rings (SSSR count). The van der Waals surface area contributed by atoms with Crippen LogP contribution in [0.25, 0.3) is 0 Å². The summed E-state index contributed by atoms with van der Waals surface area (Å²) in [5, 5.41) is 10.5. The van der Waals surface area contributed by atoms with Crippen LogP contribution in [0.15, 0.2) is 25.3 Å². The van der Waals surface area contributed by atoms with Gasteiger partial charge in [-0.1, -0.05) is 52.2 Å². The van der Waals surface area contributed by atoms with Gasteiger partial charge in [0.1, 0.15) is 17.6 Å². The van der Waals surface area contributed by atoms with Crippen LogP contribution in [-0.4, -0.2) is 81.8 Å². The lowest BCUT2D eigenvalue weighted by atomic mass is 9.65. The van der Waals surface area contributed by atoms with E-state index in [1.807, 2.05) is 31.7 Å². The monoisotopic (exact) mass is 558 g/mol. The molecule has 8 heteroatoms. The number of unbranched alkanes of at least 4 members (excludes halogenated alkanes) is 2. The standard InChI is InChI=1S/C32H50N2O6/c1-6-9-10-14-20-39-30(38)26-25-28(36)34(24(21-35)22(4)5)27(32(25)18-17-31(26,8-3)40-32)29(37)33(19-7-2)23-15-12-11-13-16-23/h6-7,22-27,35H,1-2,8-21H2,3-5H3/t24-,25-,26-,27?,31+,32?/m0/s1. The molecule has 4 fully saturated rings. The van der Waals surface area contributed by atoms with Crippen molar-refractivity contribution in [1.29, 1.82) is 0 Å². The first-order valence-electron chi connectivity index (χ1n) is 15.5. The van der Waals surface area contributed by atoms with Gasteiger partial charge in [-0.15, -0.1) is 13.2 Å². The Labute approximate surface area is 240 Å². The van der Waals surface area contributed by atoms with E-state index in [1.54, 1.807) is 11.0 Å². The van der Waals surface area contributed by atoms with Crippen molar-refractivity contribution >= 4 is 17.8 Å². The van der Waals surface area contributed by atoms with E-state index in [9.17, 15) is 19.5 Å². The Morgan fingerprint density at radius 1 is 1.18 bits per heavy atom. The Balaban J connectivity index is 1.74. The summed E-state index contributed by atoms with van der Waals surface area (Å²) >= 11 is 0. The number of carbonyl (C=O) groups excluding carboxylic acids is 3. The predicted molar refractivity (Wildman–Crippen MR) is 153 cm³/mol. The first kappa shape index (κ1) is 30.8. The molecule has 3 aliphatic heterocycles. The average molecular weight is 559 g/mol. The molecule has 8 nitrogen and oxygen atoms in total. The zero-order valence-corrected chi connectivity index (χ0v) is 24.8. The van der Waals surface area contributed by atoms with Gasteiger partial charge in [0.2, 0.25) is 11.8 Å². The highest BCUT2D eigenvalue weighted by Gasteiger charge is 2.79. The maximum absolute atomic E-state index is 14.7. The molecule has 2 amide bonds. The molecule has 1 N–H and O–H groups in total. The maximum Gasteiger partial charge on any atom is 0.312 e. The molecule has 0 aromatic rings. The number of nitrogens with zero attached hydrogens (tertiary/aromatic N) is 2. The van der Waals surface area contributed by atoms with Gasteiger partial charge in [0.15, 0.2) is 0 Å². The quantitative estimate of drug-likeness (QED) is 0.193. The van der Waals surface area contributed by atoms with Crippen molar-refractivity contribution in [3.63, 3.8) is 0 Å². The molecule has 2 unspecified atom stereocenters. The first-order valence-corrected chi connectivity index (χ1v) is 15.5. The highest BCUT2D eigenvalue weighted by Crippen LogP contribution is 2.65. The summed E-state index contributed by atoms with van der Waals surface area (Å²) in [5.41, 5.74) is -1.95. The SMILES string of the molecule is C=CCCCCOC(=O)[C@@H]1[C@H]2C(=O)N([C@@H](CO)C(C)C)C(C(=O)N(CC=C)C3CCCCC3)C23CC[C@@]1(CC)O3. The molecule has 6 atom stereocenters. The average Bonchev–Trinajstić information content (AvgIpc) is 3.56. The molecule has 1 aliphatic carbocycles. The van der Waals surface area contributed by atoms with Gasteiger partial charge >= 0.3 is 5.97 Å². The van der Waals surface area contributed by atoms with Crippen LogP contribution in [0.5, 0.6) is 0 Å². The van der Waals surface area contributed by atoms with Gasteiger partial charge in [-0.2, -0.15) is 0 Å². The molecule has 3 saturated heterocycles. The molecule has 0 aromatic heterocycles. The Morgan fingerprint density at radius 2 is 1.90 bits per heavy atom. The number of aliphatic hydroxyl groups excluding tert-OH is 1. The minimum atomic E-state index is -1.12. The van der Waals surface area contributed by atoms with Crippen molar-refractivity contribution in [2.24, 2.45) is 17.8 Å². The number of rotatable bonds is 14. The Bertz CT molecular complexity index is 961. The van der Waals surface area contributed by atoms with Gasteiger partial charge in [0, 0.05) is 12.6 Å². The van der Waals surface area contributed by atoms with Crippen LogP contribution in [0.2, 0.25) is 0 Å². The van der Waals surface area contributed by atoms with Crippen molar-refractivity contribution in [3.8, 4) is 0 Å². The van der Waals surface area contributed by atoms with Crippen molar-refractivity contribution in [1.82, 2.24) is 9.80 Å². The molecular weight excluding hydrogens is 508 g/mol. The number of amides is 2. The number of hydrogen-bond donors (Lipinski definition) is 1. The highest BCUT2D eigenvalue weighted by atomic mass is 16.6. The van der Waals surface area contributed by atoms with Crippen molar-refractivity contribution in [2.75, 3.05) is 19.8 Å². The minimum Gasteiger partial charge on any atom is -0.465 e. The van der Waals surface area contributed by atoms with Crippen LogP contribution in [0.4, 0.5) is 0 Å². The summed E-state index contributed by atoms with van der Waals surface area (Å²) in [4.78, 5) is 46.4. The third-order valence-corrected chi connectivity index (χ3v) is 10.1. The number of hydrogen-bond acceptors (Lipinski definition) is 6. The fourth-order valence-corrected chi connectivity index (χ4v) is 8.03. The second-order valence-corrected chi connectivity index (χ2v) is 12.6. The van der Waals surface area contributed by atoms with Crippen molar-refractivity contribution < 1.29 is 29.0 Å². The molecule has 2 bridgehead atoms. The third-order valence-electron chi connectivity index (χ3n) is 10.1. The van der Waals surface area contributed by atoms with Gasteiger partial charge in [-0.25, -0.2) is 0 Å². The van der Waals surface area contributed by atoms with E-state index in [1.165, 1.54) is 0 Å². The number of aliphatic hydroxyl groups is 1. The topological polar surface area (TPSA) is 96.4 Å². The summed E-state index contributed by atoms with van der Waals surface area (Å²) in [6, 6.07) is -1.38. The Kier molecular flexibility index (Phi) is 9.82. The molecule has 4 aliphatic rings. The van der Waals surface area contributed by atoms with E-state index >= 15 is 0 Å². The summed E-state index contributed by atoms with van der Waals surface area (Å²) < 4.78 is 12.7. The molecule has 1 spiro atoms. The number of esters is 1. The molecule has 0 aromatic carbocycles. The van der Waals surface area contributed by atoms with Crippen LogP contribution in [0.1, 0.15) is 91.4 Å². The van der Waals surface area contributed by atoms with Crippen LogP contribution >= 0.6 is 0 Å². The molecule has 40 heavy (non-hydrogen) atoms. The van der Waals surface area contributed by atoms with Crippen molar-refractivity contribution in [2.45, 2.75) is 121 Å². The van der Waals surface area contributed by atoms with E-state index in [2.05, 4.69) is 13.2 Å². The summed E-state index contributed by atoms with van der Waals surface area (Å²) in [6.45, 7) is 14.0. The maximum atomic E-state index is 14.7. The number of ether oxygens (including phenoxy) is 2. The largest absolute Gasteiger partial charge is 0.465 e. The molecule has 1 saturated carbocycles. The lowest BCUT2D eigenvalue weighted by Crippen LogP contribution is -2.61. The minimum absolute atomic E-state index is 0.0772. The summed E-state index contributed by atoms with van der Waals surface area (Å²) in [6.07, 6.45) is 12.9. The van der Waals surface area contributed by atoms with E-state index in [0.29, 0.717) is 25.8 Å². The van der Waals surface area contributed by atoms with E-state index in [4.69, 9.17) is 9.47 Å². The van der Waals surface area contributed by atoms with E-state index in [-0.39, 0.29) is 37.0 Å². The van der Waals surface area contributed by atoms with E-state index < -0.39 is 41.1 Å². The number of allylic oxidation sites excluding steroid dienone is 1. The Hall–Kier alpha value is -2.19. The summed E-state index contributed by atoms with van der Waals surface area (Å²) in [7, 11) is 0. The predicted octanol–water partition coefficient (Wildman–Crippen LogP) is 4.40. The lowest BCUT2D eigenvalue weighted by Gasteiger charge is -2.43.